The summed E-state index contributed by atoms with van der Waals surface area (Å²) in [4.78, 5) is 22.7. The lowest BCUT2D eigenvalue weighted by Gasteiger charge is -2.17. The summed E-state index contributed by atoms with van der Waals surface area (Å²) in [5, 5.41) is 22.9. The predicted molar refractivity (Wildman–Crippen MR) is 88.0 cm³/mol. The quantitative estimate of drug-likeness (QED) is 0.315. The van der Waals surface area contributed by atoms with Crippen molar-refractivity contribution in [1.82, 2.24) is 5.32 Å². The molecule has 25 heavy (non-hydrogen) atoms. The van der Waals surface area contributed by atoms with Crippen LogP contribution in [0.3, 0.4) is 0 Å². The Balaban J connectivity index is 2.96. The Kier molecular flexibility index (Phi) is 6.67. The molecule has 1 aromatic carbocycles. The van der Waals surface area contributed by atoms with Gasteiger partial charge in [-0.1, -0.05) is 19.9 Å². The molecule has 0 bridgehead atoms. The zero-order valence-electron chi connectivity index (χ0n) is 13.4. The van der Waals surface area contributed by atoms with Crippen molar-refractivity contribution in [3.8, 4) is 6.07 Å². The first-order valence-electron chi connectivity index (χ1n) is 7.04. The lowest BCUT2D eigenvalue weighted by Crippen LogP contribution is -2.44. The molecular formula is C15H17N3O6S. The molecule has 1 atom stereocenters. The van der Waals surface area contributed by atoms with E-state index in [-0.39, 0.29) is 16.5 Å². The maximum absolute atomic E-state index is 12.0. The smallest absolute Gasteiger partial charge is 0.326 e. The van der Waals surface area contributed by atoms with Gasteiger partial charge in [-0.2, -0.15) is 13.7 Å². The van der Waals surface area contributed by atoms with Crippen molar-refractivity contribution in [3.63, 3.8) is 0 Å². The average molecular weight is 367 g/mol. The van der Waals surface area contributed by atoms with Crippen molar-refractivity contribution in [2.75, 3.05) is 5.32 Å². The van der Waals surface area contributed by atoms with Crippen LogP contribution in [0.1, 0.15) is 13.8 Å². The Morgan fingerprint density at radius 1 is 1.32 bits per heavy atom. The number of carbonyl (C=O) groups is 2. The van der Waals surface area contributed by atoms with Crippen LogP contribution in [0.15, 0.2) is 40.9 Å². The van der Waals surface area contributed by atoms with Crippen molar-refractivity contribution in [3.05, 3.63) is 36.0 Å². The minimum atomic E-state index is -4.39. The zero-order chi connectivity index (χ0) is 19.2. The number of nitriles is 1. The number of benzene rings is 1. The minimum absolute atomic E-state index is 0.203. The van der Waals surface area contributed by atoms with Gasteiger partial charge in [-0.25, -0.2) is 4.79 Å². The molecule has 0 aliphatic rings. The van der Waals surface area contributed by atoms with Gasteiger partial charge in [0.1, 0.15) is 17.7 Å². The summed E-state index contributed by atoms with van der Waals surface area (Å²) in [7, 11) is -4.39. The highest BCUT2D eigenvalue weighted by molar-refractivity contribution is 7.85. The first kappa shape index (κ1) is 20.1. The number of rotatable bonds is 7. The fourth-order valence-corrected chi connectivity index (χ4v) is 2.31. The highest BCUT2D eigenvalue weighted by atomic mass is 32.2. The van der Waals surface area contributed by atoms with Gasteiger partial charge in [-0.15, -0.1) is 0 Å². The van der Waals surface area contributed by atoms with Crippen LogP contribution in [0.2, 0.25) is 0 Å². The number of carbonyl (C=O) groups excluding carboxylic acids is 1. The van der Waals surface area contributed by atoms with E-state index in [1.165, 1.54) is 18.2 Å². The lowest BCUT2D eigenvalue weighted by atomic mass is 10.0. The van der Waals surface area contributed by atoms with Gasteiger partial charge in [0.2, 0.25) is 0 Å². The first-order valence-corrected chi connectivity index (χ1v) is 8.48. The number of nitrogens with zero attached hydrogens (tertiary/aromatic N) is 1. The van der Waals surface area contributed by atoms with Crippen LogP contribution in [0, 0.1) is 17.2 Å². The van der Waals surface area contributed by atoms with E-state index >= 15 is 0 Å². The molecule has 1 amide bonds. The van der Waals surface area contributed by atoms with Gasteiger partial charge in [0.15, 0.2) is 0 Å². The summed E-state index contributed by atoms with van der Waals surface area (Å²) in [6.45, 7) is 3.21. The molecule has 0 fully saturated rings. The lowest BCUT2D eigenvalue weighted by molar-refractivity contribution is -0.142. The van der Waals surface area contributed by atoms with Gasteiger partial charge in [-0.3, -0.25) is 9.35 Å². The van der Waals surface area contributed by atoms with Crippen LogP contribution in [0.4, 0.5) is 5.69 Å². The molecule has 9 nitrogen and oxygen atoms in total. The van der Waals surface area contributed by atoms with Crippen LogP contribution in [-0.4, -0.2) is 36.0 Å². The molecule has 1 unspecified atom stereocenters. The molecule has 0 spiro atoms. The monoisotopic (exact) mass is 367 g/mol. The Labute approximate surface area is 144 Å². The molecule has 10 heteroatoms. The summed E-state index contributed by atoms with van der Waals surface area (Å²) in [6.07, 6.45) is 1.01. The summed E-state index contributed by atoms with van der Waals surface area (Å²) < 4.78 is 31.1. The number of anilines is 1. The third-order valence-corrected chi connectivity index (χ3v) is 3.95. The normalized spacial score (nSPS) is 13.0. The van der Waals surface area contributed by atoms with Crippen molar-refractivity contribution in [2.24, 2.45) is 5.92 Å². The Bertz CT molecular complexity index is 839. The second-order valence-electron chi connectivity index (χ2n) is 5.35. The maximum Gasteiger partial charge on any atom is 0.326 e. The van der Waals surface area contributed by atoms with Crippen LogP contribution < -0.4 is 10.6 Å². The second-order valence-corrected chi connectivity index (χ2v) is 6.77. The van der Waals surface area contributed by atoms with Gasteiger partial charge in [-0.05, 0) is 24.1 Å². The highest BCUT2D eigenvalue weighted by Crippen LogP contribution is 2.15. The summed E-state index contributed by atoms with van der Waals surface area (Å²) in [5.74, 6) is -2.50. The molecule has 4 N–H and O–H groups in total. The van der Waals surface area contributed by atoms with E-state index in [2.05, 4.69) is 10.6 Å². The summed E-state index contributed by atoms with van der Waals surface area (Å²) >= 11 is 0. The van der Waals surface area contributed by atoms with Crippen LogP contribution in [-0.2, 0) is 19.7 Å². The molecular weight excluding hydrogens is 350 g/mol. The standard InChI is InChI=1S/C15H17N3O6S/c1-9(2)13(15(20)21)18-14(19)10(7-16)8-17-11-4-3-5-12(6-11)25(22,23)24/h3-6,8-9,13,17H,1-2H3,(H,18,19)(H,20,21)(H,22,23,24)/b10-8-. The van der Waals surface area contributed by atoms with E-state index in [1.807, 2.05) is 0 Å². The number of carboxylic acid groups (broad SMARTS) is 1. The van der Waals surface area contributed by atoms with E-state index in [4.69, 9.17) is 14.9 Å². The SMILES string of the molecule is CC(C)C(NC(=O)/C(C#N)=C\Nc1cccc(S(=O)(=O)O)c1)C(=O)O. The number of hydrogen-bond acceptors (Lipinski definition) is 6. The molecule has 1 rings (SSSR count). The highest BCUT2D eigenvalue weighted by Gasteiger charge is 2.24. The van der Waals surface area contributed by atoms with E-state index in [1.54, 1.807) is 19.9 Å². The molecule has 0 heterocycles. The molecule has 134 valence electrons. The van der Waals surface area contributed by atoms with E-state index in [0.29, 0.717) is 0 Å². The predicted octanol–water partition coefficient (Wildman–Crippen LogP) is 0.978. The largest absolute Gasteiger partial charge is 0.480 e. The van der Waals surface area contributed by atoms with Crippen molar-refractivity contribution >= 4 is 27.7 Å². The van der Waals surface area contributed by atoms with Gasteiger partial charge in [0, 0.05) is 11.9 Å². The summed E-state index contributed by atoms with van der Waals surface area (Å²) in [6, 6.07) is 5.54. The van der Waals surface area contributed by atoms with Crippen LogP contribution >= 0.6 is 0 Å². The minimum Gasteiger partial charge on any atom is -0.480 e. The molecule has 0 saturated carbocycles. The third-order valence-electron chi connectivity index (χ3n) is 3.10. The van der Waals surface area contributed by atoms with Gasteiger partial charge in [0.25, 0.3) is 16.0 Å². The fraction of sp³-hybridized carbons (Fsp3) is 0.267. The van der Waals surface area contributed by atoms with Crippen molar-refractivity contribution < 1.29 is 27.7 Å². The average Bonchev–Trinajstić information content (AvgIpc) is 2.52. The Morgan fingerprint density at radius 2 is 1.96 bits per heavy atom. The van der Waals surface area contributed by atoms with Gasteiger partial charge in [0.05, 0.1) is 4.90 Å². The van der Waals surface area contributed by atoms with Crippen LogP contribution in [0.25, 0.3) is 0 Å². The fourth-order valence-electron chi connectivity index (χ4n) is 1.78. The number of nitrogens with one attached hydrogen (secondary N) is 2. The molecule has 0 aliphatic carbocycles. The second kappa shape index (κ2) is 8.27. The number of hydrogen-bond donors (Lipinski definition) is 4. The van der Waals surface area contributed by atoms with Crippen molar-refractivity contribution in [2.45, 2.75) is 24.8 Å². The maximum atomic E-state index is 12.0. The topological polar surface area (TPSA) is 157 Å². The first-order chi connectivity index (χ1) is 11.6. The molecule has 0 saturated heterocycles. The van der Waals surface area contributed by atoms with Crippen LogP contribution in [0.5, 0.6) is 0 Å². The molecule has 0 radical (unpaired) electrons. The molecule has 0 aromatic heterocycles. The third kappa shape index (κ3) is 5.91. The molecule has 1 aromatic rings. The zero-order valence-corrected chi connectivity index (χ0v) is 14.2. The van der Waals surface area contributed by atoms with E-state index in [9.17, 15) is 18.0 Å². The van der Waals surface area contributed by atoms with E-state index in [0.717, 1.165) is 12.3 Å². The van der Waals surface area contributed by atoms with Gasteiger partial charge < -0.3 is 15.7 Å². The summed E-state index contributed by atoms with van der Waals surface area (Å²) in [5.41, 5.74) is -0.196. The number of carboxylic acids is 1. The van der Waals surface area contributed by atoms with Crippen molar-refractivity contribution in [1.29, 1.82) is 5.26 Å². The van der Waals surface area contributed by atoms with Gasteiger partial charge >= 0.3 is 5.97 Å². The Morgan fingerprint density at radius 3 is 2.44 bits per heavy atom. The Hall–Kier alpha value is -2.90. The number of amides is 1. The molecule has 0 aliphatic heterocycles. The van der Waals surface area contributed by atoms with E-state index < -0.39 is 33.6 Å². The number of aliphatic carboxylic acids is 1.